The minimum atomic E-state index is 0.0504. The van der Waals surface area contributed by atoms with Gasteiger partial charge in [0, 0.05) is 12.1 Å². The Labute approximate surface area is 105 Å². The van der Waals surface area contributed by atoms with Crippen LogP contribution in [0, 0.1) is 5.92 Å². The van der Waals surface area contributed by atoms with Gasteiger partial charge in [-0.2, -0.15) is 0 Å². The molecule has 0 atom stereocenters. The fourth-order valence-corrected chi connectivity index (χ4v) is 2.15. The Kier molecular flexibility index (Phi) is 4.21. The molecule has 1 rings (SSSR count). The van der Waals surface area contributed by atoms with Crippen molar-refractivity contribution in [1.82, 2.24) is 0 Å². The highest BCUT2D eigenvalue weighted by atomic mass is 16.3. The largest absolute Gasteiger partial charge is 0.508 e. The van der Waals surface area contributed by atoms with Gasteiger partial charge >= 0.3 is 0 Å². The van der Waals surface area contributed by atoms with E-state index in [-0.39, 0.29) is 5.41 Å². The molecule has 3 N–H and O–H groups in total. The number of rotatable bonds is 3. The van der Waals surface area contributed by atoms with E-state index in [0.717, 1.165) is 12.0 Å². The van der Waals surface area contributed by atoms with Gasteiger partial charge in [0.05, 0.1) is 0 Å². The average Bonchev–Trinajstić information content (AvgIpc) is 2.17. The summed E-state index contributed by atoms with van der Waals surface area (Å²) in [7, 11) is 0. The third-order valence-electron chi connectivity index (χ3n) is 2.96. The predicted molar refractivity (Wildman–Crippen MR) is 73.2 cm³/mol. The van der Waals surface area contributed by atoms with Crippen LogP contribution in [0.2, 0.25) is 0 Å². The van der Waals surface area contributed by atoms with Crippen LogP contribution >= 0.6 is 0 Å². The van der Waals surface area contributed by atoms with Gasteiger partial charge in [0.15, 0.2) is 0 Å². The van der Waals surface area contributed by atoms with E-state index in [4.69, 9.17) is 5.73 Å². The van der Waals surface area contributed by atoms with Crippen molar-refractivity contribution in [3.63, 3.8) is 0 Å². The van der Waals surface area contributed by atoms with Crippen LogP contribution in [0.25, 0.3) is 0 Å². The molecule has 0 spiro atoms. The molecule has 0 fully saturated rings. The Balaban J connectivity index is 3.31. The summed E-state index contributed by atoms with van der Waals surface area (Å²) < 4.78 is 0. The van der Waals surface area contributed by atoms with Gasteiger partial charge in [-0.15, -0.1) is 0 Å². The van der Waals surface area contributed by atoms with Gasteiger partial charge in [0.1, 0.15) is 5.75 Å². The summed E-state index contributed by atoms with van der Waals surface area (Å²) in [6, 6.07) is 3.95. The second-order valence-corrected chi connectivity index (χ2v) is 6.19. The zero-order valence-corrected chi connectivity index (χ0v) is 11.7. The van der Waals surface area contributed by atoms with Gasteiger partial charge in [-0.05, 0) is 34.9 Å². The summed E-state index contributed by atoms with van der Waals surface area (Å²) in [5.41, 5.74) is 9.08. The molecule has 2 heteroatoms. The Hall–Kier alpha value is -1.02. The molecule has 0 bridgehead atoms. The van der Waals surface area contributed by atoms with Crippen molar-refractivity contribution in [2.24, 2.45) is 11.7 Å². The second-order valence-electron chi connectivity index (χ2n) is 6.19. The van der Waals surface area contributed by atoms with Crippen molar-refractivity contribution in [2.45, 2.75) is 53.0 Å². The van der Waals surface area contributed by atoms with Crippen LogP contribution in [0.4, 0.5) is 0 Å². The molecule has 0 aliphatic heterocycles. The highest BCUT2D eigenvalue weighted by Gasteiger charge is 2.20. The van der Waals surface area contributed by atoms with Crippen molar-refractivity contribution < 1.29 is 5.11 Å². The third-order valence-corrected chi connectivity index (χ3v) is 2.96. The summed E-state index contributed by atoms with van der Waals surface area (Å²) in [6.07, 6.45) is 1.03. The number of aromatic hydroxyl groups is 1. The number of hydrogen-bond acceptors (Lipinski definition) is 2. The molecule has 17 heavy (non-hydrogen) atoms. The third kappa shape index (κ3) is 3.47. The highest BCUT2D eigenvalue weighted by Crippen LogP contribution is 2.32. The molecule has 0 aliphatic rings. The normalized spacial score (nSPS) is 12.2. The van der Waals surface area contributed by atoms with E-state index in [0.29, 0.717) is 18.2 Å². The maximum atomic E-state index is 9.93. The van der Waals surface area contributed by atoms with Crippen molar-refractivity contribution in [1.29, 1.82) is 0 Å². The van der Waals surface area contributed by atoms with E-state index in [1.54, 1.807) is 0 Å². The fraction of sp³-hybridized carbons (Fsp3) is 0.600. The molecule has 0 saturated heterocycles. The maximum absolute atomic E-state index is 9.93. The molecule has 0 heterocycles. The van der Waals surface area contributed by atoms with Crippen molar-refractivity contribution in [3.8, 4) is 5.75 Å². The smallest absolute Gasteiger partial charge is 0.120 e. The predicted octanol–water partition coefficient (Wildman–Crippen LogP) is 3.35. The first-order valence-electron chi connectivity index (χ1n) is 6.31. The molecule has 0 saturated carbocycles. The molecular formula is C15H25NO. The number of hydrogen-bond donors (Lipinski definition) is 2. The first-order valence-corrected chi connectivity index (χ1v) is 6.31. The zero-order valence-electron chi connectivity index (χ0n) is 11.7. The van der Waals surface area contributed by atoms with E-state index in [9.17, 15) is 5.11 Å². The topological polar surface area (TPSA) is 46.2 Å². The number of benzene rings is 1. The molecule has 96 valence electrons. The minimum Gasteiger partial charge on any atom is -0.508 e. The number of nitrogens with two attached hydrogens (primary N) is 1. The van der Waals surface area contributed by atoms with Gasteiger partial charge in [0.2, 0.25) is 0 Å². The molecule has 0 aromatic heterocycles. The molecule has 1 aromatic carbocycles. The van der Waals surface area contributed by atoms with Gasteiger partial charge in [-0.1, -0.05) is 40.7 Å². The van der Waals surface area contributed by atoms with Gasteiger partial charge in [-0.3, -0.25) is 0 Å². The molecular weight excluding hydrogens is 210 g/mol. The molecule has 1 aromatic rings. The second kappa shape index (κ2) is 5.09. The molecule has 0 radical (unpaired) electrons. The van der Waals surface area contributed by atoms with E-state index in [1.807, 2.05) is 6.07 Å². The SMILES string of the molecule is CC(C)Cc1cc(CN)c(O)cc1C(C)(C)C. The average molecular weight is 235 g/mol. The monoisotopic (exact) mass is 235 g/mol. The van der Waals surface area contributed by atoms with Gasteiger partial charge in [-0.25, -0.2) is 0 Å². The first-order chi connectivity index (χ1) is 7.75. The highest BCUT2D eigenvalue weighted by molar-refractivity contribution is 5.45. The lowest BCUT2D eigenvalue weighted by atomic mass is 9.80. The quantitative estimate of drug-likeness (QED) is 0.844. The van der Waals surface area contributed by atoms with Crippen molar-refractivity contribution in [2.75, 3.05) is 0 Å². The minimum absolute atomic E-state index is 0.0504. The van der Waals surface area contributed by atoms with Crippen LogP contribution in [0.15, 0.2) is 12.1 Å². The maximum Gasteiger partial charge on any atom is 0.120 e. The standard InChI is InChI=1S/C15H25NO/c1-10(2)6-11-7-12(9-16)14(17)8-13(11)15(3,4)5/h7-8,10,17H,6,9,16H2,1-5H3. The Morgan fingerprint density at radius 2 is 1.76 bits per heavy atom. The van der Waals surface area contributed by atoms with Crippen LogP contribution in [0.5, 0.6) is 5.75 Å². The summed E-state index contributed by atoms with van der Waals surface area (Å²) in [5, 5.41) is 9.93. The van der Waals surface area contributed by atoms with Crippen LogP contribution in [0.1, 0.15) is 51.3 Å². The summed E-state index contributed by atoms with van der Waals surface area (Å²) in [4.78, 5) is 0. The lowest BCUT2D eigenvalue weighted by Crippen LogP contribution is -2.16. The fourth-order valence-electron chi connectivity index (χ4n) is 2.15. The van der Waals surface area contributed by atoms with Crippen molar-refractivity contribution in [3.05, 3.63) is 28.8 Å². The Morgan fingerprint density at radius 1 is 1.18 bits per heavy atom. The van der Waals surface area contributed by atoms with E-state index < -0.39 is 0 Å². The van der Waals surface area contributed by atoms with E-state index >= 15 is 0 Å². The van der Waals surface area contributed by atoms with E-state index in [2.05, 4.69) is 40.7 Å². The Bertz CT molecular complexity index is 389. The molecule has 0 unspecified atom stereocenters. The zero-order chi connectivity index (χ0) is 13.2. The van der Waals surface area contributed by atoms with Crippen LogP contribution in [-0.4, -0.2) is 5.11 Å². The summed E-state index contributed by atoms with van der Waals surface area (Å²) >= 11 is 0. The lowest BCUT2D eigenvalue weighted by molar-refractivity contribution is 0.462. The van der Waals surface area contributed by atoms with Crippen LogP contribution in [-0.2, 0) is 18.4 Å². The lowest BCUT2D eigenvalue weighted by Gasteiger charge is -2.25. The van der Waals surface area contributed by atoms with Crippen molar-refractivity contribution >= 4 is 0 Å². The van der Waals surface area contributed by atoms with Gasteiger partial charge < -0.3 is 10.8 Å². The van der Waals surface area contributed by atoms with Crippen LogP contribution < -0.4 is 5.73 Å². The first kappa shape index (κ1) is 14.0. The summed E-state index contributed by atoms with van der Waals surface area (Å²) in [6.45, 7) is 11.3. The molecule has 0 aliphatic carbocycles. The van der Waals surface area contributed by atoms with Gasteiger partial charge in [0.25, 0.3) is 0 Å². The Morgan fingerprint density at radius 3 is 2.18 bits per heavy atom. The summed E-state index contributed by atoms with van der Waals surface area (Å²) in [5.74, 6) is 0.927. The molecule has 2 nitrogen and oxygen atoms in total. The molecule has 0 amide bonds. The number of phenolic OH excluding ortho intramolecular Hbond substituents is 1. The van der Waals surface area contributed by atoms with Crippen LogP contribution in [0.3, 0.4) is 0 Å². The number of phenols is 1. The van der Waals surface area contributed by atoms with E-state index in [1.165, 1.54) is 11.1 Å².